The van der Waals surface area contributed by atoms with Gasteiger partial charge in [-0.15, -0.1) is 0 Å². The second kappa shape index (κ2) is 16.4. The summed E-state index contributed by atoms with van der Waals surface area (Å²) in [6.45, 7) is 7.09. The van der Waals surface area contributed by atoms with Crippen molar-refractivity contribution in [1.29, 1.82) is 0 Å². The van der Waals surface area contributed by atoms with Gasteiger partial charge < -0.3 is 19.7 Å². The van der Waals surface area contributed by atoms with Gasteiger partial charge in [-0.05, 0) is 69.0 Å². The third kappa shape index (κ3) is 8.50. The Morgan fingerprint density at radius 3 is 2.52 bits per heavy atom. The van der Waals surface area contributed by atoms with E-state index < -0.39 is 0 Å². The molecule has 1 saturated heterocycles. The van der Waals surface area contributed by atoms with Gasteiger partial charge in [-0.2, -0.15) is 0 Å². The van der Waals surface area contributed by atoms with E-state index in [9.17, 15) is 9.59 Å². The molecule has 1 aliphatic heterocycles. The predicted molar refractivity (Wildman–Crippen MR) is 164 cm³/mol. The van der Waals surface area contributed by atoms with E-state index in [1.807, 2.05) is 6.07 Å². The summed E-state index contributed by atoms with van der Waals surface area (Å²) >= 11 is 0. The molecule has 0 amide bonds. The summed E-state index contributed by atoms with van der Waals surface area (Å²) in [5.41, 5.74) is 2.17. The predicted octanol–water partition coefficient (Wildman–Crippen LogP) is 5.81. The fourth-order valence-electron chi connectivity index (χ4n) is 7.00. The second-order valence-electron chi connectivity index (χ2n) is 12.2. The third-order valence-corrected chi connectivity index (χ3v) is 9.13. The van der Waals surface area contributed by atoms with Crippen LogP contribution in [-0.4, -0.2) is 46.5 Å². The lowest BCUT2D eigenvalue weighted by atomic mass is 9.80. The minimum atomic E-state index is -0.275. The van der Waals surface area contributed by atoms with Gasteiger partial charge in [-0.1, -0.05) is 75.8 Å². The topological polar surface area (TPSA) is 67.9 Å². The molecule has 1 saturated carbocycles. The number of nitrogens with one attached hydrogen (secondary N) is 1. The Kier molecular flexibility index (Phi) is 12.7. The highest BCUT2D eigenvalue weighted by molar-refractivity contribution is 5.59. The van der Waals surface area contributed by atoms with Crippen LogP contribution >= 0.6 is 0 Å². The van der Waals surface area contributed by atoms with E-state index in [1.54, 1.807) is 7.11 Å². The van der Waals surface area contributed by atoms with Gasteiger partial charge in [0.05, 0.1) is 11.8 Å². The van der Waals surface area contributed by atoms with Crippen molar-refractivity contribution >= 4 is 5.69 Å². The number of benzene rings is 1. The lowest BCUT2D eigenvalue weighted by Gasteiger charge is -2.39. The highest BCUT2D eigenvalue weighted by atomic mass is 16.5. The van der Waals surface area contributed by atoms with Crippen molar-refractivity contribution in [1.82, 2.24) is 5.32 Å². The number of anilines is 1. The molecule has 1 heterocycles. The molecule has 4 rings (SSSR count). The zero-order valence-corrected chi connectivity index (χ0v) is 25.0. The minimum Gasteiger partial charge on any atom is -0.385 e. The third-order valence-electron chi connectivity index (χ3n) is 9.13. The van der Waals surface area contributed by atoms with Gasteiger partial charge in [0.1, 0.15) is 0 Å². The maximum atomic E-state index is 13.0. The van der Waals surface area contributed by atoms with Crippen LogP contribution in [-0.2, 0) is 15.9 Å². The van der Waals surface area contributed by atoms with Crippen LogP contribution in [0.25, 0.3) is 0 Å². The van der Waals surface area contributed by atoms with Crippen molar-refractivity contribution in [2.75, 3.05) is 51.4 Å². The van der Waals surface area contributed by atoms with Crippen LogP contribution in [0.15, 0.2) is 39.9 Å². The van der Waals surface area contributed by atoms with E-state index in [-0.39, 0.29) is 22.9 Å². The number of nitrogens with zero attached hydrogens (tertiary/aromatic N) is 1. The van der Waals surface area contributed by atoms with Crippen molar-refractivity contribution in [2.24, 2.45) is 17.8 Å². The van der Waals surface area contributed by atoms with Crippen LogP contribution in [0.1, 0.15) is 94.8 Å². The molecule has 2 aromatic carbocycles. The lowest BCUT2D eigenvalue weighted by Crippen LogP contribution is -2.49. The summed E-state index contributed by atoms with van der Waals surface area (Å²) < 4.78 is 11.7. The van der Waals surface area contributed by atoms with Crippen molar-refractivity contribution in [2.45, 2.75) is 90.1 Å². The van der Waals surface area contributed by atoms with Gasteiger partial charge in [0, 0.05) is 44.9 Å². The van der Waals surface area contributed by atoms with Gasteiger partial charge >= 0.3 is 0 Å². The Morgan fingerprint density at radius 1 is 0.975 bits per heavy atom. The summed E-state index contributed by atoms with van der Waals surface area (Å²) in [5, 5.41) is 3.66. The standard InChI is InChI=1S/C34H52N2O4/c1-3-4-18-35-24-27(22-26-13-7-5-8-14-26)23-30-31(33(38)32(30)37)36-19-11-17-29(25-36)34(40-21-12-20-39-2)28-15-9-6-10-16-28/h6,9-10,15-16,26-27,29,34-35H,3-5,7-8,11-14,17-25H2,1-2H3/t27-,29-,34+/m1/s1. The fourth-order valence-corrected chi connectivity index (χ4v) is 7.00. The molecule has 2 aromatic rings. The number of hydrogen-bond acceptors (Lipinski definition) is 6. The first kappa shape index (κ1) is 30.9. The Morgan fingerprint density at radius 2 is 1.77 bits per heavy atom. The van der Waals surface area contributed by atoms with Gasteiger partial charge in [0.15, 0.2) is 0 Å². The zero-order chi connectivity index (χ0) is 28.2. The summed E-state index contributed by atoms with van der Waals surface area (Å²) in [6.07, 6.45) is 13.7. The largest absolute Gasteiger partial charge is 0.385 e. The van der Waals surface area contributed by atoms with Crippen LogP contribution < -0.4 is 21.1 Å². The first-order chi connectivity index (χ1) is 19.6. The molecule has 2 fully saturated rings. The molecule has 6 heteroatoms. The monoisotopic (exact) mass is 552 g/mol. The normalized spacial score (nSPS) is 20.1. The number of rotatable bonds is 17. The molecule has 222 valence electrons. The highest BCUT2D eigenvalue weighted by Crippen LogP contribution is 2.36. The van der Waals surface area contributed by atoms with Crippen molar-refractivity contribution < 1.29 is 9.47 Å². The molecular formula is C34H52N2O4. The van der Waals surface area contributed by atoms with Crippen LogP contribution in [0.3, 0.4) is 0 Å². The molecule has 1 N–H and O–H groups in total. The molecular weight excluding hydrogens is 500 g/mol. The zero-order valence-electron chi connectivity index (χ0n) is 25.0. The van der Waals surface area contributed by atoms with Crippen molar-refractivity contribution in [3.05, 3.63) is 61.9 Å². The Hall–Kier alpha value is -2.02. The molecule has 0 aromatic heterocycles. The van der Waals surface area contributed by atoms with E-state index in [4.69, 9.17) is 9.47 Å². The molecule has 0 spiro atoms. The number of piperidine rings is 1. The van der Waals surface area contributed by atoms with Crippen LogP contribution in [0.2, 0.25) is 0 Å². The molecule has 1 aliphatic carbocycles. The van der Waals surface area contributed by atoms with E-state index >= 15 is 0 Å². The molecule has 6 nitrogen and oxygen atoms in total. The lowest BCUT2D eigenvalue weighted by molar-refractivity contribution is -0.00238. The highest BCUT2D eigenvalue weighted by Gasteiger charge is 2.34. The Balaban J connectivity index is 1.47. The van der Waals surface area contributed by atoms with E-state index in [0.717, 1.165) is 69.8 Å². The Bertz CT molecular complexity index is 1060. The van der Waals surface area contributed by atoms with Gasteiger partial charge in [0.25, 0.3) is 0 Å². The molecule has 2 aliphatic rings. The first-order valence-corrected chi connectivity index (χ1v) is 16.1. The summed E-state index contributed by atoms with van der Waals surface area (Å²) in [5.74, 6) is 1.43. The SMILES string of the molecule is CCCCNC[C@@H](Cc1c(N2CCC[C@@H]([C@@H](OCCCOC)c3ccccc3)C2)c(=O)c1=O)CC1CCCCC1. The van der Waals surface area contributed by atoms with Gasteiger partial charge in [-0.25, -0.2) is 0 Å². The van der Waals surface area contributed by atoms with Crippen LogP contribution in [0.4, 0.5) is 5.69 Å². The maximum absolute atomic E-state index is 13.0. The summed E-state index contributed by atoms with van der Waals surface area (Å²) in [7, 11) is 1.72. The molecule has 40 heavy (non-hydrogen) atoms. The number of unbranched alkanes of at least 4 members (excludes halogenated alkanes) is 1. The number of ether oxygens (including phenoxy) is 2. The number of methoxy groups -OCH3 is 1. The van der Waals surface area contributed by atoms with E-state index in [1.165, 1.54) is 50.5 Å². The quantitative estimate of drug-likeness (QED) is 0.197. The minimum absolute atomic E-state index is 0.0300. The van der Waals surface area contributed by atoms with Crippen molar-refractivity contribution in [3.63, 3.8) is 0 Å². The Labute approximate surface area is 241 Å². The first-order valence-electron chi connectivity index (χ1n) is 16.1. The molecule has 3 atom stereocenters. The van der Waals surface area contributed by atoms with E-state index in [2.05, 4.69) is 41.4 Å². The number of hydrogen-bond donors (Lipinski definition) is 1. The van der Waals surface area contributed by atoms with Gasteiger partial charge in [-0.3, -0.25) is 9.59 Å². The summed E-state index contributed by atoms with van der Waals surface area (Å²) in [4.78, 5) is 28.2. The van der Waals surface area contributed by atoms with Crippen LogP contribution in [0, 0.1) is 17.8 Å². The average molecular weight is 553 g/mol. The van der Waals surface area contributed by atoms with Crippen molar-refractivity contribution in [3.8, 4) is 0 Å². The second-order valence-corrected chi connectivity index (χ2v) is 12.2. The molecule has 0 unspecified atom stereocenters. The van der Waals surface area contributed by atoms with Crippen LogP contribution in [0.5, 0.6) is 0 Å². The maximum Gasteiger partial charge on any atom is 0.249 e. The fraction of sp³-hybridized carbons (Fsp3) is 0.706. The van der Waals surface area contributed by atoms with Gasteiger partial charge in [0.2, 0.25) is 10.9 Å². The smallest absolute Gasteiger partial charge is 0.249 e. The summed E-state index contributed by atoms with van der Waals surface area (Å²) in [6, 6.07) is 10.5. The van der Waals surface area contributed by atoms with E-state index in [0.29, 0.717) is 24.8 Å². The average Bonchev–Trinajstić information content (AvgIpc) is 3.00. The molecule has 0 radical (unpaired) electrons. The molecule has 0 bridgehead atoms.